The van der Waals surface area contributed by atoms with Crippen molar-refractivity contribution in [3.63, 3.8) is 0 Å². The third-order valence-corrected chi connectivity index (χ3v) is 10.9. The first-order valence-electron chi connectivity index (χ1n) is 19.0. The summed E-state index contributed by atoms with van der Waals surface area (Å²) in [5.41, 5.74) is 7.82. The third-order valence-electron chi connectivity index (χ3n) is 10.9. The molecule has 3 heterocycles. The summed E-state index contributed by atoms with van der Waals surface area (Å²) >= 11 is 0. The average molecular weight is 801 g/mol. The predicted octanol–water partition coefficient (Wildman–Crippen LogP) is 14.2. The minimum Gasteiger partial charge on any atom is -0.317 e. The van der Waals surface area contributed by atoms with Crippen LogP contribution in [0.15, 0.2) is 182 Å². The Morgan fingerprint density at radius 3 is 1.60 bits per heavy atom. The molecule has 0 N–H and O–H groups in total. The van der Waals surface area contributed by atoms with Crippen molar-refractivity contribution in [1.29, 1.82) is 0 Å². The monoisotopic (exact) mass is 800 g/mol. The van der Waals surface area contributed by atoms with E-state index in [-0.39, 0.29) is 5.82 Å². The molecule has 3 aromatic heterocycles. The van der Waals surface area contributed by atoms with Gasteiger partial charge >= 0.3 is 12.4 Å². The Morgan fingerprint density at radius 1 is 0.383 bits per heavy atom. The van der Waals surface area contributed by atoms with Crippen LogP contribution in [0, 0.1) is 0 Å². The maximum absolute atomic E-state index is 13.4. The van der Waals surface area contributed by atoms with E-state index < -0.39 is 23.5 Å². The minimum absolute atomic E-state index is 0.130. The van der Waals surface area contributed by atoms with Gasteiger partial charge in [-0.3, -0.25) is 0 Å². The maximum atomic E-state index is 13.4. The molecular weight excluding hydrogens is 771 g/mol. The van der Waals surface area contributed by atoms with Crippen molar-refractivity contribution in [3.8, 4) is 56.4 Å². The molecule has 0 saturated heterocycles. The Morgan fingerprint density at radius 2 is 0.933 bits per heavy atom. The van der Waals surface area contributed by atoms with E-state index >= 15 is 0 Å². The van der Waals surface area contributed by atoms with E-state index in [0.29, 0.717) is 28.1 Å². The van der Waals surface area contributed by atoms with Crippen molar-refractivity contribution in [2.24, 2.45) is 0 Å². The van der Waals surface area contributed by atoms with Crippen LogP contribution in [0.25, 0.3) is 89.1 Å². The van der Waals surface area contributed by atoms with Crippen molar-refractivity contribution >= 4 is 32.7 Å². The van der Waals surface area contributed by atoms with Crippen molar-refractivity contribution in [1.82, 2.24) is 19.1 Å². The molecule has 4 nitrogen and oxygen atoms in total. The molecule has 7 aromatic carbocycles. The number of hydrogen-bond acceptors (Lipinski definition) is 2. The number of rotatable bonds is 6. The molecule has 292 valence electrons. The second kappa shape index (κ2) is 14.1. The van der Waals surface area contributed by atoms with Gasteiger partial charge in [-0.15, -0.1) is 0 Å². The van der Waals surface area contributed by atoms with E-state index in [0.717, 1.165) is 74.1 Å². The standard InChI is InChI=1S/C50H30F6N4/c51-49(52,53)37-19-12-31(13-20-37)43-30-44(58-48(57-43)34-14-21-38(22-15-34)50(54,55)56)32-16-23-39(24-17-32)60-46-11-4-2-9-41(46)42-29-36(18-25-47(42)60)35-7-5-8-40(28-35)59-27-26-33-6-1-3-10-45(33)59/h1-30H. The van der Waals surface area contributed by atoms with Crippen LogP contribution >= 0.6 is 0 Å². The molecule has 60 heavy (non-hydrogen) atoms. The van der Waals surface area contributed by atoms with Crippen molar-refractivity contribution < 1.29 is 26.3 Å². The van der Waals surface area contributed by atoms with E-state index in [4.69, 9.17) is 4.98 Å². The highest BCUT2D eigenvalue weighted by molar-refractivity contribution is 6.10. The fourth-order valence-electron chi connectivity index (χ4n) is 7.87. The Hall–Kier alpha value is -7.46. The van der Waals surface area contributed by atoms with E-state index in [2.05, 4.69) is 93.1 Å². The number of halogens is 6. The van der Waals surface area contributed by atoms with Crippen LogP contribution in [0.5, 0.6) is 0 Å². The molecule has 10 heteroatoms. The second-order valence-corrected chi connectivity index (χ2v) is 14.5. The van der Waals surface area contributed by atoms with E-state index in [1.165, 1.54) is 29.7 Å². The van der Waals surface area contributed by atoms with Gasteiger partial charge in [-0.05, 0) is 101 Å². The molecule has 0 unspecified atom stereocenters. The van der Waals surface area contributed by atoms with Crippen LogP contribution in [0.2, 0.25) is 0 Å². The van der Waals surface area contributed by atoms with Crippen molar-refractivity contribution in [3.05, 3.63) is 193 Å². The Balaban J connectivity index is 1.03. The SMILES string of the molecule is FC(F)(F)c1ccc(-c2cc(-c3ccc(-n4c5ccccc5c5cc(-c6cccc(-n7ccc8ccccc87)c6)ccc54)cc3)nc(-c3ccc(C(F)(F)F)cc3)n2)cc1. The predicted molar refractivity (Wildman–Crippen MR) is 225 cm³/mol. The van der Waals surface area contributed by atoms with Gasteiger partial charge in [0.15, 0.2) is 5.82 Å². The van der Waals surface area contributed by atoms with Crippen LogP contribution < -0.4 is 0 Å². The number of para-hydroxylation sites is 2. The number of nitrogens with zero attached hydrogens (tertiary/aromatic N) is 4. The Bertz CT molecular complexity index is 3140. The summed E-state index contributed by atoms with van der Waals surface area (Å²) in [5, 5.41) is 3.35. The molecule has 0 aliphatic rings. The summed E-state index contributed by atoms with van der Waals surface area (Å²) in [6.07, 6.45) is -6.96. The Kier molecular flexibility index (Phi) is 8.68. The molecule has 0 bridgehead atoms. The molecule has 10 aromatic rings. The summed E-state index contributed by atoms with van der Waals surface area (Å²) < 4.78 is 84.7. The second-order valence-electron chi connectivity index (χ2n) is 14.5. The lowest BCUT2D eigenvalue weighted by Crippen LogP contribution is -2.05. The molecule has 0 radical (unpaired) electrons. The fraction of sp³-hybridized carbons (Fsp3) is 0.0400. The van der Waals surface area contributed by atoms with E-state index in [1.54, 1.807) is 6.07 Å². The van der Waals surface area contributed by atoms with E-state index in [1.807, 2.05) is 48.5 Å². The zero-order valence-corrected chi connectivity index (χ0v) is 31.4. The highest BCUT2D eigenvalue weighted by Crippen LogP contribution is 2.38. The summed E-state index contributed by atoms with van der Waals surface area (Å²) in [5.74, 6) is 0.130. The molecule has 0 amide bonds. The van der Waals surface area contributed by atoms with Gasteiger partial charge in [0.05, 0.1) is 39.1 Å². The lowest BCUT2D eigenvalue weighted by Gasteiger charge is -2.13. The van der Waals surface area contributed by atoms with Crippen molar-refractivity contribution in [2.75, 3.05) is 0 Å². The minimum atomic E-state index is -4.53. The summed E-state index contributed by atoms with van der Waals surface area (Å²) in [6.45, 7) is 0. The van der Waals surface area contributed by atoms with Gasteiger partial charge in [0, 0.05) is 45.0 Å². The lowest BCUT2D eigenvalue weighted by atomic mass is 10.0. The highest BCUT2D eigenvalue weighted by Gasteiger charge is 2.31. The topological polar surface area (TPSA) is 35.6 Å². The molecule has 0 fully saturated rings. The number of hydrogen-bond donors (Lipinski definition) is 0. The van der Waals surface area contributed by atoms with Gasteiger partial charge in [0.2, 0.25) is 0 Å². The fourth-order valence-corrected chi connectivity index (χ4v) is 7.87. The number of benzene rings is 7. The first-order chi connectivity index (χ1) is 29.0. The van der Waals surface area contributed by atoms with Gasteiger partial charge in [-0.25, -0.2) is 9.97 Å². The van der Waals surface area contributed by atoms with Gasteiger partial charge in [-0.1, -0.05) is 91.0 Å². The normalized spacial score (nSPS) is 12.2. The van der Waals surface area contributed by atoms with Crippen LogP contribution in [-0.4, -0.2) is 19.1 Å². The van der Waals surface area contributed by atoms with Gasteiger partial charge < -0.3 is 9.13 Å². The summed E-state index contributed by atoms with van der Waals surface area (Å²) in [7, 11) is 0. The zero-order valence-electron chi connectivity index (χ0n) is 31.4. The summed E-state index contributed by atoms with van der Waals surface area (Å²) in [4.78, 5) is 9.32. The highest BCUT2D eigenvalue weighted by atomic mass is 19.4. The largest absolute Gasteiger partial charge is 0.416 e. The smallest absolute Gasteiger partial charge is 0.317 e. The molecular formula is C50H30F6N4. The van der Waals surface area contributed by atoms with E-state index in [9.17, 15) is 26.3 Å². The van der Waals surface area contributed by atoms with Crippen LogP contribution in [0.4, 0.5) is 26.3 Å². The molecule has 0 saturated carbocycles. The number of alkyl halides is 6. The third kappa shape index (κ3) is 6.65. The quantitative estimate of drug-likeness (QED) is 0.157. The maximum Gasteiger partial charge on any atom is 0.416 e. The first-order valence-corrected chi connectivity index (χ1v) is 19.0. The lowest BCUT2D eigenvalue weighted by molar-refractivity contribution is -0.138. The first kappa shape index (κ1) is 36.9. The van der Waals surface area contributed by atoms with Crippen LogP contribution in [-0.2, 0) is 12.4 Å². The number of aromatic nitrogens is 4. The number of fused-ring (bicyclic) bond motifs is 4. The average Bonchev–Trinajstić information content (AvgIpc) is 3.85. The summed E-state index contributed by atoms with van der Waals surface area (Å²) in [6, 6.07) is 52.1. The van der Waals surface area contributed by atoms with Crippen LogP contribution in [0.3, 0.4) is 0 Å². The van der Waals surface area contributed by atoms with Gasteiger partial charge in [-0.2, -0.15) is 26.3 Å². The Labute approximate surface area is 339 Å². The van der Waals surface area contributed by atoms with Crippen molar-refractivity contribution in [2.45, 2.75) is 12.4 Å². The zero-order chi connectivity index (χ0) is 41.2. The molecule has 0 atom stereocenters. The molecule has 0 spiro atoms. The van der Waals surface area contributed by atoms with Gasteiger partial charge in [0.1, 0.15) is 0 Å². The van der Waals surface area contributed by atoms with Gasteiger partial charge in [0.25, 0.3) is 0 Å². The molecule has 0 aliphatic carbocycles. The molecule has 10 rings (SSSR count). The molecule has 0 aliphatic heterocycles. The van der Waals surface area contributed by atoms with Crippen LogP contribution in [0.1, 0.15) is 11.1 Å².